The van der Waals surface area contributed by atoms with Gasteiger partial charge in [-0.05, 0) is 90.9 Å². The molecule has 0 spiro atoms. The topological polar surface area (TPSA) is 121 Å². The van der Waals surface area contributed by atoms with Gasteiger partial charge < -0.3 is 19.8 Å². The highest BCUT2D eigenvalue weighted by Gasteiger charge is 2.49. The summed E-state index contributed by atoms with van der Waals surface area (Å²) in [6.45, 7) is 8.59. The zero-order valence-corrected chi connectivity index (χ0v) is 28.3. The lowest BCUT2D eigenvalue weighted by molar-refractivity contribution is -0.137. The van der Waals surface area contributed by atoms with E-state index in [2.05, 4.69) is 31.9 Å². The maximum Gasteiger partial charge on any atom is 0.335 e. The third-order valence-corrected chi connectivity index (χ3v) is 9.69. The molecule has 0 fully saturated rings. The number of carbonyl (C=O) groups excluding carboxylic acids is 2. The number of carboxylic acid groups (broad SMARTS) is 2. The van der Waals surface area contributed by atoms with E-state index in [0.717, 1.165) is 22.5 Å². The smallest absolute Gasteiger partial charge is 0.335 e. The van der Waals surface area contributed by atoms with Crippen LogP contribution in [0.5, 0.6) is 5.75 Å². The second-order valence-corrected chi connectivity index (χ2v) is 15.1. The van der Waals surface area contributed by atoms with Crippen molar-refractivity contribution in [3.8, 4) is 5.75 Å². The molecule has 10 heteroatoms. The Kier molecular flexibility index (Phi) is 8.72. The molecule has 0 radical (unpaired) electrons. The van der Waals surface area contributed by atoms with E-state index in [1.807, 2.05) is 44.7 Å². The van der Waals surface area contributed by atoms with Gasteiger partial charge in [0.05, 0.1) is 20.9 Å². The van der Waals surface area contributed by atoms with Crippen LogP contribution < -0.4 is 4.74 Å². The predicted molar refractivity (Wildman–Crippen MR) is 171 cm³/mol. The van der Waals surface area contributed by atoms with Crippen LogP contribution in [0.1, 0.15) is 87.2 Å². The highest BCUT2D eigenvalue weighted by molar-refractivity contribution is 9.11. The number of carboxylic acids is 2. The summed E-state index contributed by atoms with van der Waals surface area (Å²) in [7, 11) is 0. The molecule has 1 heterocycles. The minimum absolute atomic E-state index is 0.0249. The standard InChI is InChI=1S/C34H35Br2NO7/c1-33(2)13-23-29(25(38)15-33)28(30-24(37(23)10-9-27(40)41)14-34(3,4)16-26(30)39)20-11-21(35)31(22(36)12-20)44-17-18-5-7-19(8-6-18)32(42)43/h5-8,11-12,28H,9-10,13-17H2,1-4H3,(H,40,41)(H,42,43). The molecule has 0 saturated carbocycles. The summed E-state index contributed by atoms with van der Waals surface area (Å²) in [6.07, 6.45) is 1.76. The third kappa shape index (κ3) is 6.42. The van der Waals surface area contributed by atoms with Crippen molar-refractivity contribution in [1.29, 1.82) is 0 Å². The fraction of sp³-hybridized carbons (Fsp3) is 0.412. The summed E-state index contributed by atoms with van der Waals surface area (Å²) in [4.78, 5) is 52.8. The van der Waals surface area contributed by atoms with Gasteiger partial charge in [-0.15, -0.1) is 0 Å². The van der Waals surface area contributed by atoms with Crippen LogP contribution in [0.3, 0.4) is 0 Å². The SMILES string of the molecule is CC1(C)CC(=O)C2=C(C1)N(CCC(=O)O)C1=C(C(=O)CC(C)(C)C1)C2c1cc(Br)c(OCc2ccc(C(=O)O)cc2)c(Br)c1. The number of ether oxygens (including phenoxy) is 1. The van der Waals surface area contributed by atoms with Gasteiger partial charge in [0.15, 0.2) is 11.6 Å². The van der Waals surface area contributed by atoms with E-state index in [9.17, 15) is 24.3 Å². The zero-order valence-electron chi connectivity index (χ0n) is 25.1. The molecule has 2 aromatic carbocycles. The van der Waals surface area contributed by atoms with Crippen LogP contribution in [0.15, 0.2) is 67.9 Å². The highest BCUT2D eigenvalue weighted by Crippen LogP contribution is 2.55. The van der Waals surface area contributed by atoms with Gasteiger partial charge in [0.1, 0.15) is 12.4 Å². The second kappa shape index (κ2) is 11.9. The fourth-order valence-corrected chi connectivity index (χ4v) is 8.09. The number of hydrogen-bond acceptors (Lipinski definition) is 6. The van der Waals surface area contributed by atoms with Crippen LogP contribution in [0.25, 0.3) is 0 Å². The fourth-order valence-electron chi connectivity index (χ4n) is 6.64. The third-order valence-electron chi connectivity index (χ3n) is 8.51. The molecule has 1 aliphatic heterocycles. The van der Waals surface area contributed by atoms with Crippen molar-refractivity contribution in [3.05, 3.63) is 84.6 Å². The minimum Gasteiger partial charge on any atom is -0.487 e. The van der Waals surface area contributed by atoms with Crippen molar-refractivity contribution < 1.29 is 34.1 Å². The van der Waals surface area contributed by atoms with Gasteiger partial charge in [0, 0.05) is 47.8 Å². The molecule has 232 valence electrons. The number of halogens is 2. The first-order valence-corrected chi connectivity index (χ1v) is 16.1. The van der Waals surface area contributed by atoms with Crippen LogP contribution in [-0.2, 0) is 21.0 Å². The maximum absolute atomic E-state index is 14.0. The van der Waals surface area contributed by atoms with E-state index in [1.165, 1.54) is 12.1 Å². The number of aliphatic carboxylic acids is 1. The van der Waals surface area contributed by atoms with Crippen LogP contribution in [0, 0.1) is 10.8 Å². The average molecular weight is 729 g/mol. The Labute approximate surface area is 273 Å². The minimum atomic E-state index is -0.997. The summed E-state index contributed by atoms with van der Waals surface area (Å²) in [6, 6.07) is 10.2. The first-order valence-electron chi connectivity index (χ1n) is 14.5. The molecule has 2 aromatic rings. The van der Waals surface area contributed by atoms with Crippen LogP contribution in [-0.4, -0.2) is 45.2 Å². The number of hydrogen-bond donors (Lipinski definition) is 2. The summed E-state index contributed by atoms with van der Waals surface area (Å²) < 4.78 is 7.38. The van der Waals surface area contributed by atoms with Gasteiger partial charge in [0.2, 0.25) is 0 Å². The molecule has 8 nitrogen and oxygen atoms in total. The van der Waals surface area contributed by atoms with Crippen molar-refractivity contribution in [2.45, 2.75) is 72.3 Å². The molecule has 0 saturated heterocycles. The number of ketones is 2. The molecule has 0 atom stereocenters. The van der Waals surface area contributed by atoms with Gasteiger partial charge in [-0.3, -0.25) is 14.4 Å². The van der Waals surface area contributed by atoms with E-state index in [4.69, 9.17) is 9.84 Å². The van der Waals surface area contributed by atoms with Gasteiger partial charge in [-0.1, -0.05) is 39.8 Å². The Hall–Kier alpha value is -3.24. The Morgan fingerprint density at radius 2 is 1.36 bits per heavy atom. The molecule has 2 N–H and O–H groups in total. The molecule has 0 aromatic heterocycles. The summed E-state index contributed by atoms with van der Waals surface area (Å²) in [5, 5.41) is 18.7. The molecule has 5 rings (SSSR count). The van der Waals surface area contributed by atoms with E-state index in [-0.39, 0.29) is 47.5 Å². The molecular formula is C34H35Br2NO7. The molecule has 44 heavy (non-hydrogen) atoms. The largest absolute Gasteiger partial charge is 0.487 e. The number of aromatic carboxylic acids is 1. The first kappa shape index (κ1) is 32.2. The zero-order chi connectivity index (χ0) is 32.1. The van der Waals surface area contributed by atoms with Gasteiger partial charge in [0.25, 0.3) is 0 Å². The van der Waals surface area contributed by atoms with Gasteiger partial charge in [-0.25, -0.2) is 4.79 Å². The van der Waals surface area contributed by atoms with Crippen molar-refractivity contribution in [1.82, 2.24) is 4.90 Å². The summed E-state index contributed by atoms with van der Waals surface area (Å²) >= 11 is 7.31. The monoisotopic (exact) mass is 727 g/mol. The second-order valence-electron chi connectivity index (χ2n) is 13.4. The first-order chi connectivity index (χ1) is 20.6. The molecule has 2 aliphatic carbocycles. The van der Waals surface area contributed by atoms with E-state index < -0.39 is 17.9 Å². The highest BCUT2D eigenvalue weighted by atomic mass is 79.9. The van der Waals surface area contributed by atoms with Crippen molar-refractivity contribution in [3.63, 3.8) is 0 Å². The van der Waals surface area contributed by atoms with Crippen LogP contribution in [0.2, 0.25) is 0 Å². The van der Waals surface area contributed by atoms with E-state index in [1.54, 1.807) is 12.1 Å². The Bertz CT molecular complexity index is 1560. The van der Waals surface area contributed by atoms with Crippen LogP contribution >= 0.6 is 31.9 Å². The summed E-state index contributed by atoms with van der Waals surface area (Å²) in [5.74, 6) is -2.03. The van der Waals surface area contributed by atoms with Crippen molar-refractivity contribution >= 4 is 55.4 Å². The normalized spacial score (nSPS) is 19.5. The van der Waals surface area contributed by atoms with Gasteiger partial charge >= 0.3 is 11.9 Å². The Morgan fingerprint density at radius 1 is 0.864 bits per heavy atom. The van der Waals surface area contributed by atoms with Crippen LogP contribution in [0.4, 0.5) is 0 Å². The van der Waals surface area contributed by atoms with Crippen molar-refractivity contribution in [2.24, 2.45) is 10.8 Å². The lowest BCUT2D eigenvalue weighted by Gasteiger charge is -2.49. The molecule has 0 bridgehead atoms. The maximum atomic E-state index is 14.0. The lowest BCUT2D eigenvalue weighted by atomic mass is 9.63. The van der Waals surface area contributed by atoms with Crippen molar-refractivity contribution in [2.75, 3.05) is 6.54 Å². The predicted octanol–water partition coefficient (Wildman–Crippen LogP) is 7.65. The molecule has 0 unspecified atom stereocenters. The molecule has 3 aliphatic rings. The Balaban J connectivity index is 1.59. The lowest BCUT2D eigenvalue weighted by Crippen LogP contribution is -2.45. The number of benzene rings is 2. The van der Waals surface area contributed by atoms with E-state index >= 15 is 0 Å². The number of allylic oxidation sites excluding steroid dienone is 4. The molecular weight excluding hydrogens is 694 g/mol. The molecule has 0 amide bonds. The van der Waals surface area contributed by atoms with E-state index in [0.29, 0.717) is 51.5 Å². The number of carbonyl (C=O) groups is 4. The number of nitrogens with zero attached hydrogens (tertiary/aromatic N) is 1. The average Bonchev–Trinajstić information content (AvgIpc) is 2.89. The number of rotatable bonds is 8. The summed E-state index contributed by atoms with van der Waals surface area (Å²) in [5.41, 5.74) is 3.92. The Morgan fingerprint density at radius 3 is 1.82 bits per heavy atom. The van der Waals surface area contributed by atoms with Gasteiger partial charge in [-0.2, -0.15) is 0 Å². The quantitative estimate of drug-likeness (QED) is 0.285. The number of Topliss-reactive ketones (excluding diaryl/α,β-unsaturated/α-hetero) is 2.